The minimum Gasteiger partial charge on any atom is -0.314 e. The molecule has 0 saturated carbocycles. The van der Waals surface area contributed by atoms with Crippen molar-refractivity contribution in [3.8, 4) is 0 Å². The third-order valence-electron chi connectivity index (χ3n) is 2.76. The highest BCUT2D eigenvalue weighted by Gasteiger charge is 2.32. The molecule has 0 aromatic carbocycles. The number of sulfonamides is 1. The molecule has 1 heterocycles. The minimum atomic E-state index is -3.05. The van der Waals surface area contributed by atoms with Crippen LogP contribution in [0, 0.1) is 0 Å². The van der Waals surface area contributed by atoms with Crippen LogP contribution in [0.2, 0.25) is 0 Å². The van der Waals surface area contributed by atoms with Gasteiger partial charge < -0.3 is 5.32 Å². The molecule has 1 aliphatic heterocycles. The van der Waals surface area contributed by atoms with E-state index in [-0.39, 0.29) is 17.8 Å². The Morgan fingerprint density at radius 3 is 2.79 bits per heavy atom. The second-order valence-electron chi connectivity index (χ2n) is 3.96. The van der Waals surface area contributed by atoms with Crippen molar-refractivity contribution in [3.63, 3.8) is 0 Å². The van der Waals surface area contributed by atoms with Crippen molar-refractivity contribution >= 4 is 10.0 Å². The second-order valence-corrected chi connectivity index (χ2v) is 5.95. The number of hydrogen-bond donors (Lipinski definition) is 1. The second kappa shape index (κ2) is 4.59. The van der Waals surface area contributed by atoms with E-state index in [4.69, 9.17) is 0 Å². The van der Waals surface area contributed by atoms with Crippen LogP contribution in [0.15, 0.2) is 0 Å². The van der Waals surface area contributed by atoms with Crippen molar-refractivity contribution in [2.75, 3.05) is 18.8 Å². The zero-order chi connectivity index (χ0) is 10.8. The van der Waals surface area contributed by atoms with Crippen LogP contribution in [0.25, 0.3) is 0 Å². The summed E-state index contributed by atoms with van der Waals surface area (Å²) >= 11 is 0. The Hall–Kier alpha value is -0.130. The highest BCUT2D eigenvalue weighted by molar-refractivity contribution is 7.89. The molecule has 2 atom stereocenters. The third kappa shape index (κ3) is 2.46. The van der Waals surface area contributed by atoms with Gasteiger partial charge in [0.25, 0.3) is 0 Å². The quantitative estimate of drug-likeness (QED) is 0.733. The van der Waals surface area contributed by atoms with Gasteiger partial charge in [-0.2, -0.15) is 4.31 Å². The SMILES string of the molecule is CCC(C)N1C(C)CNCCS1(=O)=O. The molecule has 0 radical (unpaired) electrons. The molecule has 1 rings (SSSR count). The first-order valence-electron chi connectivity index (χ1n) is 5.21. The molecule has 5 heteroatoms. The average molecular weight is 220 g/mol. The number of nitrogens with zero attached hydrogens (tertiary/aromatic N) is 1. The van der Waals surface area contributed by atoms with Crippen LogP contribution >= 0.6 is 0 Å². The number of hydrogen-bond acceptors (Lipinski definition) is 3. The molecular weight excluding hydrogens is 200 g/mol. The number of nitrogens with one attached hydrogen (secondary N) is 1. The van der Waals surface area contributed by atoms with Crippen molar-refractivity contribution in [1.29, 1.82) is 0 Å². The van der Waals surface area contributed by atoms with Crippen LogP contribution < -0.4 is 5.32 Å². The lowest BCUT2D eigenvalue weighted by Crippen LogP contribution is -2.46. The van der Waals surface area contributed by atoms with Crippen molar-refractivity contribution in [1.82, 2.24) is 9.62 Å². The monoisotopic (exact) mass is 220 g/mol. The zero-order valence-corrected chi connectivity index (χ0v) is 9.97. The van der Waals surface area contributed by atoms with Gasteiger partial charge in [-0.05, 0) is 20.3 Å². The largest absolute Gasteiger partial charge is 0.314 e. The lowest BCUT2D eigenvalue weighted by molar-refractivity contribution is 0.270. The predicted molar refractivity (Wildman–Crippen MR) is 57.7 cm³/mol. The lowest BCUT2D eigenvalue weighted by Gasteiger charge is -2.30. The van der Waals surface area contributed by atoms with Crippen molar-refractivity contribution < 1.29 is 8.42 Å². The van der Waals surface area contributed by atoms with Gasteiger partial charge in [0, 0.05) is 25.2 Å². The van der Waals surface area contributed by atoms with Crippen molar-refractivity contribution in [2.24, 2.45) is 0 Å². The maximum absolute atomic E-state index is 11.9. The molecule has 0 aliphatic carbocycles. The standard InChI is InChI=1S/C9H20N2O2S/c1-4-8(2)11-9(3)7-10-5-6-14(11,12)13/h8-10H,4-7H2,1-3H3. The fourth-order valence-electron chi connectivity index (χ4n) is 1.87. The van der Waals surface area contributed by atoms with Crippen LogP contribution in [-0.2, 0) is 10.0 Å². The molecule has 1 N–H and O–H groups in total. The number of rotatable bonds is 2. The normalized spacial score (nSPS) is 30.9. The van der Waals surface area contributed by atoms with Crippen LogP contribution in [0.4, 0.5) is 0 Å². The summed E-state index contributed by atoms with van der Waals surface area (Å²) in [4.78, 5) is 0. The molecule has 2 unspecified atom stereocenters. The van der Waals surface area contributed by atoms with Gasteiger partial charge in [-0.1, -0.05) is 6.92 Å². The Kier molecular flexibility index (Phi) is 3.92. The fourth-order valence-corrected chi connectivity index (χ4v) is 3.80. The van der Waals surface area contributed by atoms with E-state index in [0.29, 0.717) is 6.54 Å². The molecule has 1 aliphatic rings. The molecular formula is C9H20N2O2S. The summed E-state index contributed by atoms with van der Waals surface area (Å²) in [7, 11) is -3.05. The van der Waals surface area contributed by atoms with E-state index in [2.05, 4.69) is 5.32 Å². The van der Waals surface area contributed by atoms with E-state index in [9.17, 15) is 8.42 Å². The van der Waals surface area contributed by atoms with Crippen LogP contribution in [0.1, 0.15) is 27.2 Å². The lowest BCUT2D eigenvalue weighted by atomic mass is 10.2. The maximum atomic E-state index is 11.9. The van der Waals surface area contributed by atoms with Crippen molar-refractivity contribution in [3.05, 3.63) is 0 Å². The first-order valence-corrected chi connectivity index (χ1v) is 6.82. The van der Waals surface area contributed by atoms with Crippen LogP contribution in [-0.4, -0.2) is 43.6 Å². The molecule has 0 spiro atoms. The summed E-state index contributed by atoms with van der Waals surface area (Å²) in [5, 5.41) is 3.14. The molecule has 0 amide bonds. The van der Waals surface area contributed by atoms with E-state index in [0.717, 1.165) is 13.0 Å². The van der Waals surface area contributed by atoms with E-state index >= 15 is 0 Å². The first kappa shape index (κ1) is 11.9. The third-order valence-corrected chi connectivity index (χ3v) is 4.84. The maximum Gasteiger partial charge on any atom is 0.215 e. The van der Waals surface area contributed by atoms with Gasteiger partial charge in [0.1, 0.15) is 0 Å². The topological polar surface area (TPSA) is 49.4 Å². The molecule has 4 nitrogen and oxygen atoms in total. The van der Waals surface area contributed by atoms with Crippen LogP contribution in [0.5, 0.6) is 0 Å². The highest BCUT2D eigenvalue weighted by Crippen LogP contribution is 2.16. The minimum absolute atomic E-state index is 0.0671. The van der Waals surface area contributed by atoms with E-state index in [1.807, 2.05) is 20.8 Å². The van der Waals surface area contributed by atoms with Gasteiger partial charge in [-0.3, -0.25) is 0 Å². The molecule has 0 aromatic heterocycles. The molecule has 1 saturated heterocycles. The van der Waals surface area contributed by atoms with Gasteiger partial charge in [-0.15, -0.1) is 0 Å². The summed E-state index contributed by atoms with van der Waals surface area (Å²) in [5.41, 5.74) is 0. The van der Waals surface area contributed by atoms with Gasteiger partial charge >= 0.3 is 0 Å². The van der Waals surface area contributed by atoms with Gasteiger partial charge in [0.2, 0.25) is 10.0 Å². The van der Waals surface area contributed by atoms with Gasteiger partial charge in [-0.25, -0.2) is 8.42 Å². The molecule has 0 bridgehead atoms. The molecule has 14 heavy (non-hydrogen) atoms. The van der Waals surface area contributed by atoms with Gasteiger partial charge in [0.05, 0.1) is 5.75 Å². The Morgan fingerprint density at radius 2 is 2.21 bits per heavy atom. The van der Waals surface area contributed by atoms with Crippen molar-refractivity contribution in [2.45, 2.75) is 39.3 Å². The van der Waals surface area contributed by atoms with E-state index in [1.165, 1.54) is 0 Å². The average Bonchev–Trinajstić information content (AvgIpc) is 2.23. The zero-order valence-electron chi connectivity index (χ0n) is 9.16. The Bertz CT molecular complexity index is 277. The smallest absolute Gasteiger partial charge is 0.215 e. The summed E-state index contributed by atoms with van der Waals surface area (Å²) in [5.74, 6) is 0.224. The fraction of sp³-hybridized carbons (Fsp3) is 1.00. The molecule has 84 valence electrons. The summed E-state index contributed by atoms with van der Waals surface area (Å²) in [6.07, 6.45) is 0.865. The first-order chi connectivity index (χ1) is 6.49. The van der Waals surface area contributed by atoms with Gasteiger partial charge in [0.15, 0.2) is 0 Å². The Morgan fingerprint density at radius 1 is 1.57 bits per heavy atom. The van der Waals surface area contributed by atoms with E-state index in [1.54, 1.807) is 4.31 Å². The Labute approximate surface area is 86.7 Å². The van der Waals surface area contributed by atoms with Crippen LogP contribution in [0.3, 0.4) is 0 Å². The highest BCUT2D eigenvalue weighted by atomic mass is 32.2. The predicted octanol–water partition coefficient (Wildman–Crippen LogP) is 0.408. The molecule has 1 fully saturated rings. The summed E-state index contributed by atoms with van der Waals surface area (Å²) in [6.45, 7) is 7.27. The summed E-state index contributed by atoms with van der Waals surface area (Å²) in [6, 6.07) is 0.173. The van der Waals surface area contributed by atoms with E-state index < -0.39 is 10.0 Å². The molecule has 0 aromatic rings. The summed E-state index contributed by atoms with van der Waals surface area (Å²) < 4.78 is 25.5. The Balaban J connectivity index is 2.93.